The van der Waals surface area contributed by atoms with Crippen LogP contribution in [-0.4, -0.2) is 0 Å². The van der Waals surface area contributed by atoms with Crippen molar-refractivity contribution in [1.29, 1.82) is 0 Å². The van der Waals surface area contributed by atoms with Crippen LogP contribution in [0.2, 0.25) is 0 Å². The van der Waals surface area contributed by atoms with Gasteiger partial charge < -0.3 is 11.5 Å². The molecule has 1 aliphatic carbocycles. The van der Waals surface area contributed by atoms with Crippen LogP contribution < -0.4 is 11.5 Å². The van der Waals surface area contributed by atoms with Crippen molar-refractivity contribution in [2.24, 2.45) is 5.41 Å². The Kier molecular flexibility index (Phi) is 3.09. The van der Waals surface area contributed by atoms with Crippen LogP contribution in [0.5, 0.6) is 0 Å². The van der Waals surface area contributed by atoms with Crippen molar-refractivity contribution < 1.29 is 0 Å². The first-order valence-electron chi connectivity index (χ1n) is 7.13. The first-order valence-corrected chi connectivity index (χ1v) is 7.13. The fourth-order valence-corrected chi connectivity index (χ4v) is 2.97. The van der Waals surface area contributed by atoms with E-state index in [1.807, 2.05) is 24.3 Å². The third kappa shape index (κ3) is 2.33. The van der Waals surface area contributed by atoms with E-state index in [1.165, 1.54) is 22.3 Å². The van der Waals surface area contributed by atoms with Gasteiger partial charge in [0.1, 0.15) is 0 Å². The minimum absolute atomic E-state index is 0.0355. The first kappa shape index (κ1) is 13.5. The Balaban J connectivity index is 1.96. The number of anilines is 2. The molecule has 0 saturated carbocycles. The van der Waals surface area contributed by atoms with Crippen molar-refractivity contribution in [2.45, 2.75) is 13.8 Å². The van der Waals surface area contributed by atoms with E-state index in [4.69, 9.17) is 11.5 Å². The van der Waals surface area contributed by atoms with Gasteiger partial charge in [-0.15, -0.1) is 0 Å². The summed E-state index contributed by atoms with van der Waals surface area (Å²) in [5.74, 6) is 0. The van der Waals surface area contributed by atoms with E-state index >= 15 is 0 Å². The maximum Gasteiger partial charge on any atom is 0.0314 e. The molecular weight excluding hydrogens is 256 g/mol. The van der Waals surface area contributed by atoms with E-state index in [1.54, 1.807) is 0 Å². The van der Waals surface area contributed by atoms with E-state index in [0.717, 1.165) is 11.4 Å². The molecule has 0 aliphatic heterocycles. The monoisotopic (exact) mass is 276 g/mol. The van der Waals surface area contributed by atoms with E-state index in [9.17, 15) is 0 Å². The lowest BCUT2D eigenvalue weighted by Gasteiger charge is -2.28. The molecule has 0 bridgehead atoms. The van der Waals surface area contributed by atoms with Crippen LogP contribution in [0.1, 0.15) is 25.0 Å². The van der Waals surface area contributed by atoms with E-state index in [0.29, 0.717) is 0 Å². The zero-order valence-corrected chi connectivity index (χ0v) is 12.4. The standard InChI is InChI=1S/C19H20N2/c1-19(2)17(13-3-7-15(20)8-4-13)11-12-18(19)14-5-9-16(21)10-6-14/h3-12H,20-21H2,1-2H3. The highest BCUT2D eigenvalue weighted by atomic mass is 14.5. The van der Waals surface area contributed by atoms with Crippen molar-refractivity contribution in [3.63, 3.8) is 0 Å². The van der Waals surface area contributed by atoms with Crippen LogP contribution in [0.4, 0.5) is 11.4 Å². The number of nitrogen functional groups attached to an aromatic ring is 2. The van der Waals surface area contributed by atoms with Crippen LogP contribution in [0, 0.1) is 5.41 Å². The van der Waals surface area contributed by atoms with E-state index < -0.39 is 0 Å². The molecule has 0 spiro atoms. The normalized spacial score (nSPS) is 16.5. The summed E-state index contributed by atoms with van der Waals surface area (Å²) < 4.78 is 0. The van der Waals surface area contributed by atoms with Gasteiger partial charge in [-0.2, -0.15) is 0 Å². The highest BCUT2D eigenvalue weighted by Crippen LogP contribution is 2.49. The molecule has 2 aromatic carbocycles. The Morgan fingerprint density at radius 2 is 0.952 bits per heavy atom. The highest BCUT2D eigenvalue weighted by molar-refractivity contribution is 5.92. The Morgan fingerprint density at radius 3 is 1.29 bits per heavy atom. The summed E-state index contributed by atoms with van der Waals surface area (Å²) in [5.41, 5.74) is 18.2. The number of allylic oxidation sites excluding steroid dienone is 4. The van der Waals surface area contributed by atoms with Gasteiger partial charge in [0.25, 0.3) is 0 Å². The lowest BCUT2D eigenvalue weighted by molar-refractivity contribution is 0.682. The van der Waals surface area contributed by atoms with Gasteiger partial charge in [-0.1, -0.05) is 50.3 Å². The van der Waals surface area contributed by atoms with Crippen LogP contribution in [0.3, 0.4) is 0 Å². The maximum absolute atomic E-state index is 5.78. The van der Waals surface area contributed by atoms with Gasteiger partial charge in [-0.3, -0.25) is 0 Å². The van der Waals surface area contributed by atoms with Gasteiger partial charge in [0, 0.05) is 16.8 Å². The van der Waals surface area contributed by atoms with Crippen molar-refractivity contribution >= 4 is 22.5 Å². The molecule has 21 heavy (non-hydrogen) atoms. The number of nitrogens with two attached hydrogens (primary N) is 2. The second kappa shape index (κ2) is 4.81. The van der Waals surface area contributed by atoms with Crippen LogP contribution in [-0.2, 0) is 0 Å². The maximum atomic E-state index is 5.78. The Morgan fingerprint density at radius 1 is 0.619 bits per heavy atom. The average Bonchev–Trinajstić information content (AvgIpc) is 2.76. The van der Waals surface area contributed by atoms with Gasteiger partial charge in [0.2, 0.25) is 0 Å². The van der Waals surface area contributed by atoms with Gasteiger partial charge in [0.05, 0.1) is 0 Å². The van der Waals surface area contributed by atoms with E-state index in [-0.39, 0.29) is 5.41 Å². The topological polar surface area (TPSA) is 52.0 Å². The summed E-state index contributed by atoms with van der Waals surface area (Å²) in [7, 11) is 0. The molecule has 2 nitrogen and oxygen atoms in total. The molecule has 2 heteroatoms. The zero-order valence-electron chi connectivity index (χ0n) is 12.4. The van der Waals surface area contributed by atoms with Crippen LogP contribution >= 0.6 is 0 Å². The summed E-state index contributed by atoms with van der Waals surface area (Å²) in [4.78, 5) is 0. The largest absolute Gasteiger partial charge is 0.399 e. The van der Waals surface area contributed by atoms with Crippen LogP contribution in [0.25, 0.3) is 11.1 Å². The van der Waals surface area contributed by atoms with Gasteiger partial charge in [-0.05, 0) is 46.5 Å². The molecule has 0 heterocycles. The van der Waals surface area contributed by atoms with E-state index in [2.05, 4.69) is 50.3 Å². The van der Waals surface area contributed by atoms with Crippen LogP contribution in [0.15, 0.2) is 60.7 Å². The molecule has 0 saturated heterocycles. The average molecular weight is 276 g/mol. The van der Waals surface area contributed by atoms with Crippen molar-refractivity contribution in [3.8, 4) is 0 Å². The molecule has 3 rings (SSSR count). The SMILES string of the molecule is CC1(C)C(c2ccc(N)cc2)=CC=C1c1ccc(N)cc1. The molecule has 2 aromatic rings. The van der Waals surface area contributed by atoms with Crippen molar-refractivity contribution in [2.75, 3.05) is 11.5 Å². The fraction of sp³-hybridized carbons (Fsp3) is 0.158. The predicted molar refractivity (Wildman–Crippen MR) is 91.4 cm³/mol. The van der Waals surface area contributed by atoms with Gasteiger partial charge in [-0.25, -0.2) is 0 Å². The number of hydrogen-bond acceptors (Lipinski definition) is 2. The minimum Gasteiger partial charge on any atom is -0.399 e. The minimum atomic E-state index is -0.0355. The second-order valence-electron chi connectivity index (χ2n) is 6.03. The molecule has 0 radical (unpaired) electrons. The Hall–Kier alpha value is -2.48. The summed E-state index contributed by atoms with van der Waals surface area (Å²) in [6, 6.07) is 16.2. The predicted octanol–water partition coefficient (Wildman–Crippen LogP) is 4.36. The molecule has 0 unspecified atom stereocenters. The molecule has 106 valence electrons. The first-order chi connectivity index (χ1) is 9.98. The van der Waals surface area contributed by atoms with Gasteiger partial charge >= 0.3 is 0 Å². The fourth-order valence-electron chi connectivity index (χ4n) is 2.97. The van der Waals surface area contributed by atoms with Crippen molar-refractivity contribution in [3.05, 3.63) is 71.8 Å². The third-order valence-corrected chi connectivity index (χ3v) is 4.21. The summed E-state index contributed by atoms with van der Waals surface area (Å²) >= 11 is 0. The molecule has 0 fully saturated rings. The second-order valence-corrected chi connectivity index (χ2v) is 6.03. The summed E-state index contributed by atoms with van der Waals surface area (Å²) in [5, 5.41) is 0. The lowest BCUT2D eigenvalue weighted by Crippen LogP contribution is -2.13. The summed E-state index contributed by atoms with van der Waals surface area (Å²) in [6.45, 7) is 4.51. The summed E-state index contributed by atoms with van der Waals surface area (Å²) in [6.07, 6.45) is 4.41. The smallest absolute Gasteiger partial charge is 0.0314 e. The number of hydrogen-bond donors (Lipinski definition) is 2. The number of rotatable bonds is 2. The molecule has 4 N–H and O–H groups in total. The molecule has 0 aromatic heterocycles. The highest BCUT2D eigenvalue weighted by Gasteiger charge is 2.32. The lowest BCUT2D eigenvalue weighted by atomic mass is 9.75. The molecule has 0 atom stereocenters. The molecule has 0 amide bonds. The molecular formula is C19H20N2. The molecule has 1 aliphatic rings. The third-order valence-electron chi connectivity index (χ3n) is 4.21. The zero-order chi connectivity index (χ0) is 15.0. The Labute approximate surface area is 125 Å². The number of benzene rings is 2. The quantitative estimate of drug-likeness (QED) is 0.801. The van der Waals surface area contributed by atoms with Gasteiger partial charge in [0.15, 0.2) is 0 Å². The van der Waals surface area contributed by atoms with Crippen molar-refractivity contribution in [1.82, 2.24) is 0 Å². The Bertz CT molecular complexity index is 654.